The van der Waals surface area contributed by atoms with E-state index in [-0.39, 0.29) is 5.92 Å². The third-order valence-electron chi connectivity index (χ3n) is 5.59. The summed E-state index contributed by atoms with van der Waals surface area (Å²) in [6.07, 6.45) is 0. The monoisotopic (exact) mass is 493 g/mol. The van der Waals surface area contributed by atoms with Gasteiger partial charge in [-0.05, 0) is 23.6 Å². The van der Waals surface area contributed by atoms with Crippen molar-refractivity contribution in [3.8, 4) is 17.2 Å². The Kier molecular flexibility index (Phi) is 7.86. The van der Waals surface area contributed by atoms with Gasteiger partial charge in [-0.2, -0.15) is 5.10 Å². The fraction of sp³-hybridized carbons (Fsp3) is 0.391. The molecule has 1 heterocycles. The summed E-state index contributed by atoms with van der Waals surface area (Å²) in [7, 11) is 4.68. The quantitative estimate of drug-likeness (QED) is 0.378. The number of carboxylic acids is 1. The molecule has 33 heavy (non-hydrogen) atoms. The van der Waals surface area contributed by atoms with Gasteiger partial charge in [0.05, 0.1) is 43.4 Å². The Morgan fingerprint density at radius 2 is 1.85 bits per heavy atom. The first-order valence-corrected chi connectivity index (χ1v) is 11.6. The minimum Gasteiger partial charge on any atom is -0.495 e. The molecule has 3 atom stereocenters. The van der Waals surface area contributed by atoms with Crippen molar-refractivity contribution in [1.82, 2.24) is 0 Å². The summed E-state index contributed by atoms with van der Waals surface area (Å²) >= 11 is 7.87. The van der Waals surface area contributed by atoms with Gasteiger partial charge in [0.25, 0.3) is 0 Å². The highest BCUT2D eigenvalue weighted by atomic mass is 35.5. The molecule has 4 N–H and O–H groups in total. The van der Waals surface area contributed by atoms with E-state index in [1.807, 2.05) is 32.0 Å². The Labute approximate surface area is 202 Å². The highest BCUT2D eigenvalue weighted by molar-refractivity contribution is 8.01. The number of carbonyl (C=O) groups is 1. The van der Waals surface area contributed by atoms with Crippen molar-refractivity contribution in [2.24, 2.45) is 22.8 Å². The number of halogens is 1. The zero-order valence-corrected chi connectivity index (χ0v) is 20.7. The molecule has 0 radical (unpaired) electrons. The van der Waals surface area contributed by atoms with Crippen LogP contribution in [0.4, 0.5) is 5.69 Å². The molecule has 8 nitrogen and oxygen atoms in total. The van der Waals surface area contributed by atoms with Crippen molar-refractivity contribution in [3.05, 3.63) is 46.5 Å². The third kappa shape index (κ3) is 4.79. The van der Waals surface area contributed by atoms with E-state index in [4.69, 9.17) is 31.7 Å². The smallest absolute Gasteiger partial charge is 0.308 e. The molecule has 0 fully saturated rings. The van der Waals surface area contributed by atoms with Crippen molar-refractivity contribution in [2.45, 2.75) is 24.3 Å². The highest BCUT2D eigenvalue weighted by Crippen LogP contribution is 2.53. The number of hydrogen-bond acceptors (Lipinski definition) is 7. The fourth-order valence-corrected chi connectivity index (χ4v) is 6.09. The lowest BCUT2D eigenvalue weighted by Crippen LogP contribution is -2.39. The van der Waals surface area contributed by atoms with Crippen molar-refractivity contribution in [1.29, 1.82) is 0 Å². The van der Waals surface area contributed by atoms with Crippen LogP contribution < -0.4 is 25.4 Å². The molecule has 0 spiro atoms. The number of rotatable bonds is 7. The predicted octanol–water partition coefficient (Wildman–Crippen LogP) is 4.61. The number of aliphatic carboxylic acids is 1. The summed E-state index contributed by atoms with van der Waals surface area (Å²) in [5, 5.41) is 16.8. The van der Waals surface area contributed by atoms with E-state index in [1.54, 1.807) is 26.4 Å². The van der Waals surface area contributed by atoms with Crippen molar-refractivity contribution < 1.29 is 24.1 Å². The van der Waals surface area contributed by atoms with E-state index in [9.17, 15) is 9.90 Å². The summed E-state index contributed by atoms with van der Waals surface area (Å²) in [6.45, 7) is 3.73. The second-order valence-corrected chi connectivity index (χ2v) is 9.53. The molecule has 0 saturated heterocycles. The molecule has 2 aromatic rings. The summed E-state index contributed by atoms with van der Waals surface area (Å²) in [5.41, 5.74) is 2.20. The minimum atomic E-state index is -0.933. The van der Waals surface area contributed by atoms with Gasteiger partial charge in [-0.3, -0.25) is 4.79 Å². The molecule has 178 valence electrons. The average Bonchev–Trinajstić information content (AvgIpc) is 2.94. The molecular weight excluding hydrogens is 466 g/mol. The number of hydrazone groups is 1. The number of ether oxygens (including phenoxy) is 3. The molecule has 3 rings (SSSR count). The topological polar surface area (TPSA) is 115 Å². The number of para-hydroxylation sites is 1. The van der Waals surface area contributed by atoms with Crippen LogP contribution in [-0.2, 0) is 4.79 Å². The molecule has 10 heteroatoms. The number of methoxy groups -OCH3 is 3. The van der Waals surface area contributed by atoms with Crippen LogP contribution in [0.1, 0.15) is 30.2 Å². The Balaban J connectivity index is 2.33. The molecule has 0 saturated carbocycles. The zero-order valence-electron chi connectivity index (χ0n) is 19.1. The van der Waals surface area contributed by atoms with Crippen LogP contribution in [0.25, 0.3) is 0 Å². The van der Waals surface area contributed by atoms with E-state index >= 15 is 0 Å². The van der Waals surface area contributed by atoms with Crippen LogP contribution in [0.2, 0.25) is 5.02 Å². The summed E-state index contributed by atoms with van der Waals surface area (Å²) < 4.78 is 16.8. The number of anilines is 1. The average molecular weight is 494 g/mol. The van der Waals surface area contributed by atoms with Crippen molar-refractivity contribution >= 4 is 40.9 Å². The maximum absolute atomic E-state index is 12.3. The van der Waals surface area contributed by atoms with E-state index < -0.39 is 22.4 Å². The maximum atomic E-state index is 12.3. The minimum absolute atomic E-state index is 0.182. The normalized spacial score (nSPS) is 19.9. The van der Waals surface area contributed by atoms with E-state index in [0.29, 0.717) is 33.8 Å². The maximum Gasteiger partial charge on any atom is 0.308 e. The van der Waals surface area contributed by atoms with Gasteiger partial charge >= 0.3 is 5.97 Å². The zero-order chi connectivity index (χ0) is 24.3. The van der Waals surface area contributed by atoms with Gasteiger partial charge in [0.15, 0.2) is 11.5 Å². The van der Waals surface area contributed by atoms with Gasteiger partial charge in [-0.1, -0.05) is 37.6 Å². The summed E-state index contributed by atoms with van der Waals surface area (Å²) in [6, 6.07) is 9.10. The van der Waals surface area contributed by atoms with E-state index in [0.717, 1.165) is 11.1 Å². The number of nitrogens with two attached hydrogens (primary N) is 1. The summed E-state index contributed by atoms with van der Waals surface area (Å²) in [4.78, 5) is 12.3. The second kappa shape index (κ2) is 10.4. The van der Waals surface area contributed by atoms with Gasteiger partial charge < -0.3 is 30.5 Å². The Morgan fingerprint density at radius 1 is 1.15 bits per heavy atom. The fourth-order valence-electron chi connectivity index (χ4n) is 4.07. The number of nitrogens with zero attached hydrogens (tertiary/aromatic N) is 1. The van der Waals surface area contributed by atoms with Crippen LogP contribution in [0.15, 0.2) is 35.4 Å². The third-order valence-corrected chi connectivity index (χ3v) is 7.40. The number of benzene rings is 2. The lowest BCUT2D eigenvalue weighted by Gasteiger charge is -2.29. The molecule has 0 aromatic heterocycles. The highest BCUT2D eigenvalue weighted by Gasteiger charge is 2.42. The number of fused-ring (bicyclic) bond motifs is 1. The summed E-state index contributed by atoms with van der Waals surface area (Å²) in [5.74, 6) is 5.83. The van der Waals surface area contributed by atoms with E-state index in [2.05, 4.69) is 10.4 Å². The first-order chi connectivity index (χ1) is 15.8. The van der Waals surface area contributed by atoms with Gasteiger partial charge in [0, 0.05) is 16.7 Å². The van der Waals surface area contributed by atoms with Crippen LogP contribution in [-0.4, -0.2) is 43.5 Å². The molecule has 1 unspecified atom stereocenters. The van der Waals surface area contributed by atoms with Crippen LogP contribution >= 0.6 is 23.4 Å². The van der Waals surface area contributed by atoms with Crippen LogP contribution in [0, 0.1) is 11.8 Å². The van der Waals surface area contributed by atoms with Crippen LogP contribution in [0.3, 0.4) is 0 Å². The van der Waals surface area contributed by atoms with Crippen LogP contribution in [0.5, 0.6) is 17.2 Å². The Bertz CT molecular complexity index is 1060. The predicted molar refractivity (Wildman–Crippen MR) is 132 cm³/mol. The molecule has 2 aromatic carbocycles. The van der Waals surface area contributed by atoms with Gasteiger partial charge in [-0.15, -0.1) is 11.8 Å². The second-order valence-electron chi connectivity index (χ2n) is 7.84. The number of hydrogen-bond donors (Lipinski definition) is 3. The standard InChI is InChI=1S/C23H28ClN3O5S/c1-11(2)17(23(28)29)21-22(27-25)26-18-14(9-12(24)10-16(18)31-4)20(33-21)13-7-6-8-15(30-3)19(13)32-5/h6-11,17,20-21H,25H2,1-5H3,(H,26,27)(H,28,29)/t17?,20-,21-/m1/s1. The largest absolute Gasteiger partial charge is 0.495 e. The molecule has 0 amide bonds. The first kappa shape index (κ1) is 24.9. The molecule has 1 aliphatic rings. The lowest BCUT2D eigenvalue weighted by atomic mass is 9.91. The lowest BCUT2D eigenvalue weighted by molar-refractivity contribution is -0.142. The number of amidine groups is 1. The van der Waals surface area contributed by atoms with Crippen molar-refractivity contribution in [2.75, 3.05) is 26.6 Å². The first-order valence-electron chi connectivity index (χ1n) is 10.3. The van der Waals surface area contributed by atoms with E-state index in [1.165, 1.54) is 18.9 Å². The molecule has 0 bridgehead atoms. The Morgan fingerprint density at radius 3 is 2.39 bits per heavy atom. The number of nitrogens with one attached hydrogen (secondary N) is 1. The van der Waals surface area contributed by atoms with Gasteiger partial charge in [-0.25, -0.2) is 0 Å². The molecule has 1 aliphatic heterocycles. The molecule has 0 aliphatic carbocycles. The number of carboxylic acid groups (broad SMARTS) is 1. The van der Waals surface area contributed by atoms with Gasteiger partial charge in [0.1, 0.15) is 11.6 Å². The van der Waals surface area contributed by atoms with Gasteiger partial charge in [0.2, 0.25) is 0 Å². The number of thioether (sulfide) groups is 1. The SMILES string of the molecule is COc1cc(Cl)cc2c1NC(=NN)[C@@H](C(C(=O)O)C(C)C)S[C@@H]2c1cccc(OC)c1OC. The molecular formula is C23H28ClN3O5S. The van der Waals surface area contributed by atoms with Crippen molar-refractivity contribution in [3.63, 3.8) is 0 Å². The Hall–Kier alpha value is -2.78.